The van der Waals surface area contributed by atoms with Crippen molar-refractivity contribution in [3.8, 4) is 0 Å². The predicted octanol–water partition coefficient (Wildman–Crippen LogP) is 3.53. The lowest BCUT2D eigenvalue weighted by Gasteiger charge is -2.29. The fourth-order valence-corrected chi connectivity index (χ4v) is 4.18. The number of benzene rings is 2. The van der Waals surface area contributed by atoms with Crippen molar-refractivity contribution >= 4 is 35.0 Å². The Kier molecular flexibility index (Phi) is 6.00. The number of Topliss-reactive ketones (excluding diaryl/α,β-unsaturated/α-hetero) is 2. The average Bonchev–Trinajstić information content (AvgIpc) is 3.09. The molecule has 2 aliphatic rings. The number of amides is 2. The monoisotopic (exact) mass is 478 g/mol. The normalized spacial score (nSPS) is 18.5. The summed E-state index contributed by atoms with van der Waals surface area (Å²) in [4.78, 5) is 49.9. The molecule has 0 bridgehead atoms. The Balaban J connectivity index is 1.44. The van der Waals surface area contributed by atoms with E-state index in [1.54, 1.807) is 6.07 Å². The van der Waals surface area contributed by atoms with Gasteiger partial charge in [0.15, 0.2) is 5.78 Å². The topological polar surface area (TPSA) is 83.6 Å². The maximum absolute atomic E-state index is 14.4. The summed E-state index contributed by atoms with van der Waals surface area (Å²) >= 11 is 5.50. The van der Waals surface area contributed by atoms with Crippen LogP contribution in [0, 0.1) is 5.82 Å². The molecular weight excluding hydrogens is 461 g/mol. The van der Waals surface area contributed by atoms with Gasteiger partial charge in [0.2, 0.25) is 0 Å². The number of carbonyl (C=O) groups is 4. The van der Waals surface area contributed by atoms with Crippen molar-refractivity contribution in [2.75, 3.05) is 0 Å². The van der Waals surface area contributed by atoms with E-state index in [2.05, 4.69) is 5.32 Å². The molecule has 0 radical (unpaired) electrons. The highest BCUT2D eigenvalue weighted by molar-refractivity contribution is 6.30. The van der Waals surface area contributed by atoms with Crippen LogP contribution in [0.25, 0.3) is 0 Å². The standard InChI is InChI=1S/C23H18ClF3N2O4/c24-17-5-2-14(8-18(17)25)23(26,27)22(33)28-10-12-1-4-16-13(7-12)11-29(21(16)32)19-6-3-15(30)9-20(19)31/h1-2,4-5,7-8,19H,3,6,9-11H2,(H,28,33). The van der Waals surface area contributed by atoms with Crippen LogP contribution in [-0.4, -0.2) is 34.3 Å². The molecule has 0 aromatic heterocycles. The maximum atomic E-state index is 14.4. The zero-order valence-electron chi connectivity index (χ0n) is 17.2. The van der Waals surface area contributed by atoms with Gasteiger partial charge in [-0.2, -0.15) is 8.78 Å². The quantitative estimate of drug-likeness (QED) is 0.666. The molecule has 0 spiro atoms. The van der Waals surface area contributed by atoms with Gasteiger partial charge in [-0.15, -0.1) is 0 Å². The molecule has 1 aliphatic heterocycles. The zero-order chi connectivity index (χ0) is 23.9. The minimum atomic E-state index is -3.98. The number of alkyl halides is 2. The highest BCUT2D eigenvalue weighted by Crippen LogP contribution is 2.32. The van der Waals surface area contributed by atoms with E-state index in [4.69, 9.17) is 11.6 Å². The molecular formula is C23H18ClF3N2O4. The molecule has 0 saturated heterocycles. The third-order valence-corrected chi connectivity index (χ3v) is 6.14. The second-order valence-electron chi connectivity index (χ2n) is 8.05. The molecule has 1 saturated carbocycles. The largest absolute Gasteiger partial charge is 0.349 e. The molecule has 10 heteroatoms. The number of hydrogen-bond acceptors (Lipinski definition) is 4. The molecule has 2 aromatic rings. The number of ketones is 2. The number of carbonyl (C=O) groups excluding carboxylic acids is 4. The van der Waals surface area contributed by atoms with Gasteiger partial charge >= 0.3 is 5.92 Å². The molecule has 1 heterocycles. The van der Waals surface area contributed by atoms with Gasteiger partial charge in [0.25, 0.3) is 11.8 Å². The molecule has 1 fully saturated rings. The van der Waals surface area contributed by atoms with Gasteiger partial charge in [-0.25, -0.2) is 4.39 Å². The van der Waals surface area contributed by atoms with Crippen LogP contribution in [0.15, 0.2) is 36.4 Å². The number of nitrogens with zero attached hydrogens (tertiary/aromatic N) is 1. The second kappa shape index (κ2) is 8.62. The Morgan fingerprint density at radius 2 is 1.91 bits per heavy atom. The van der Waals surface area contributed by atoms with Crippen LogP contribution < -0.4 is 5.32 Å². The molecule has 2 aromatic carbocycles. The van der Waals surface area contributed by atoms with Crippen LogP contribution in [-0.2, 0) is 33.4 Å². The van der Waals surface area contributed by atoms with Crippen molar-refractivity contribution in [3.05, 3.63) is 69.5 Å². The maximum Gasteiger partial charge on any atom is 0.349 e. The van der Waals surface area contributed by atoms with E-state index in [-0.39, 0.29) is 54.8 Å². The minimum Gasteiger partial charge on any atom is -0.346 e. The van der Waals surface area contributed by atoms with Crippen LogP contribution in [0.3, 0.4) is 0 Å². The molecule has 1 atom stereocenters. The first-order chi connectivity index (χ1) is 15.6. The smallest absolute Gasteiger partial charge is 0.346 e. The van der Waals surface area contributed by atoms with Crippen LogP contribution in [0.4, 0.5) is 13.2 Å². The first-order valence-corrected chi connectivity index (χ1v) is 10.5. The molecule has 6 nitrogen and oxygen atoms in total. The summed E-state index contributed by atoms with van der Waals surface area (Å²) in [5.41, 5.74) is 0.632. The molecule has 4 rings (SSSR count). The Morgan fingerprint density at radius 1 is 1.15 bits per heavy atom. The summed E-state index contributed by atoms with van der Waals surface area (Å²) in [6, 6.07) is 6.31. The van der Waals surface area contributed by atoms with Crippen molar-refractivity contribution in [1.29, 1.82) is 0 Å². The van der Waals surface area contributed by atoms with Crippen molar-refractivity contribution in [3.63, 3.8) is 0 Å². The van der Waals surface area contributed by atoms with E-state index >= 15 is 0 Å². The Hall–Kier alpha value is -3.20. The van der Waals surface area contributed by atoms with Crippen molar-refractivity contribution in [2.45, 2.75) is 44.3 Å². The third-order valence-electron chi connectivity index (χ3n) is 5.84. The van der Waals surface area contributed by atoms with E-state index in [0.29, 0.717) is 22.8 Å². The molecule has 1 unspecified atom stereocenters. The van der Waals surface area contributed by atoms with Crippen LogP contribution in [0.2, 0.25) is 5.02 Å². The fraction of sp³-hybridized carbons (Fsp3) is 0.304. The Labute approximate surface area is 191 Å². The Morgan fingerprint density at radius 3 is 2.61 bits per heavy atom. The van der Waals surface area contributed by atoms with Gasteiger partial charge < -0.3 is 10.2 Å². The lowest BCUT2D eigenvalue weighted by molar-refractivity contribution is -0.147. The molecule has 1 aliphatic carbocycles. The first kappa shape index (κ1) is 23.0. The summed E-state index contributed by atoms with van der Waals surface area (Å²) in [5, 5.41) is 1.79. The summed E-state index contributed by atoms with van der Waals surface area (Å²) < 4.78 is 42.4. The van der Waals surface area contributed by atoms with Crippen molar-refractivity contribution < 1.29 is 32.3 Å². The number of rotatable bonds is 5. The van der Waals surface area contributed by atoms with Crippen LogP contribution >= 0.6 is 11.6 Å². The van der Waals surface area contributed by atoms with E-state index in [9.17, 15) is 32.3 Å². The number of halogens is 4. The van der Waals surface area contributed by atoms with Gasteiger partial charge in [0, 0.05) is 30.6 Å². The van der Waals surface area contributed by atoms with E-state index in [1.807, 2.05) is 0 Å². The van der Waals surface area contributed by atoms with Gasteiger partial charge in [-0.05, 0) is 35.7 Å². The lowest BCUT2D eigenvalue weighted by Crippen LogP contribution is -2.44. The number of fused-ring (bicyclic) bond motifs is 1. The summed E-state index contributed by atoms with van der Waals surface area (Å²) in [5.74, 6) is -7.41. The zero-order valence-corrected chi connectivity index (χ0v) is 17.9. The van der Waals surface area contributed by atoms with Crippen LogP contribution in [0.5, 0.6) is 0 Å². The van der Waals surface area contributed by atoms with E-state index < -0.39 is 29.3 Å². The number of hydrogen-bond donors (Lipinski definition) is 1. The average molecular weight is 479 g/mol. The SMILES string of the molecule is O=C1CCC(N2Cc3cc(CNC(=O)C(F)(F)c4ccc(Cl)c(F)c4)ccc3C2=O)C(=O)C1. The number of nitrogens with one attached hydrogen (secondary N) is 1. The van der Waals surface area contributed by atoms with Gasteiger partial charge in [0.05, 0.1) is 17.5 Å². The van der Waals surface area contributed by atoms with E-state index in [0.717, 1.165) is 12.1 Å². The van der Waals surface area contributed by atoms with E-state index in [1.165, 1.54) is 17.0 Å². The summed E-state index contributed by atoms with van der Waals surface area (Å²) in [7, 11) is 0. The lowest BCUT2D eigenvalue weighted by atomic mass is 9.92. The van der Waals surface area contributed by atoms with Gasteiger partial charge in [-0.1, -0.05) is 29.8 Å². The van der Waals surface area contributed by atoms with Gasteiger partial charge in [0.1, 0.15) is 11.6 Å². The molecule has 33 heavy (non-hydrogen) atoms. The van der Waals surface area contributed by atoms with Gasteiger partial charge in [-0.3, -0.25) is 19.2 Å². The summed E-state index contributed by atoms with van der Waals surface area (Å²) in [6.45, 7) is -0.0937. The first-order valence-electron chi connectivity index (χ1n) is 10.2. The Bertz CT molecular complexity index is 1180. The minimum absolute atomic E-state index is 0.142. The highest BCUT2D eigenvalue weighted by Gasteiger charge is 2.42. The highest BCUT2D eigenvalue weighted by atomic mass is 35.5. The van der Waals surface area contributed by atoms with Crippen molar-refractivity contribution in [2.24, 2.45) is 0 Å². The van der Waals surface area contributed by atoms with Crippen molar-refractivity contribution in [1.82, 2.24) is 10.2 Å². The predicted molar refractivity (Wildman–Crippen MR) is 111 cm³/mol. The summed E-state index contributed by atoms with van der Waals surface area (Å²) in [6.07, 6.45) is 0.327. The molecule has 172 valence electrons. The molecule has 1 N–H and O–H groups in total. The molecule has 2 amide bonds. The van der Waals surface area contributed by atoms with Crippen LogP contribution in [0.1, 0.15) is 46.3 Å². The second-order valence-corrected chi connectivity index (χ2v) is 8.45. The third kappa shape index (κ3) is 4.37. The fourth-order valence-electron chi connectivity index (χ4n) is 4.06.